The van der Waals surface area contributed by atoms with E-state index >= 15 is 0 Å². The lowest BCUT2D eigenvalue weighted by molar-refractivity contribution is 0.102. The van der Waals surface area contributed by atoms with E-state index in [4.69, 9.17) is 10.5 Å². The van der Waals surface area contributed by atoms with E-state index in [1.165, 1.54) is 45.4 Å². The maximum Gasteiger partial charge on any atom is 0.274 e. The first kappa shape index (κ1) is 20.7. The molecule has 0 fully saturated rings. The monoisotopic (exact) mass is 420 g/mol. The number of carbonyl (C=O) groups excluding carboxylic acids is 1. The Kier molecular flexibility index (Phi) is 5.31. The van der Waals surface area contributed by atoms with Crippen molar-refractivity contribution in [1.29, 1.82) is 0 Å². The molecule has 0 radical (unpaired) electrons. The van der Waals surface area contributed by atoms with E-state index in [1.807, 2.05) is 0 Å². The molecule has 2 aromatic rings. The Morgan fingerprint density at radius 2 is 2.07 bits per heavy atom. The molecular formula is C19H21FN4O4S. The molecule has 0 spiro atoms. The molecule has 3 rings (SSSR count). The van der Waals surface area contributed by atoms with Crippen molar-refractivity contribution < 1.29 is 22.3 Å². The molecule has 29 heavy (non-hydrogen) atoms. The van der Waals surface area contributed by atoms with Gasteiger partial charge in [0.15, 0.2) is 9.84 Å². The number of aliphatic imine (C=N–C) groups is 1. The molecule has 0 aliphatic carbocycles. The van der Waals surface area contributed by atoms with Crippen LogP contribution in [-0.4, -0.2) is 43.3 Å². The Morgan fingerprint density at radius 3 is 2.66 bits per heavy atom. The summed E-state index contributed by atoms with van der Waals surface area (Å²) >= 11 is 0. The third-order valence-corrected chi connectivity index (χ3v) is 7.11. The second kappa shape index (κ2) is 7.43. The minimum absolute atomic E-state index is 0.0245. The fourth-order valence-electron chi connectivity index (χ4n) is 3.09. The zero-order chi connectivity index (χ0) is 21.4. The Labute approximate surface area is 167 Å². The SMILES string of the molecule is COc1ccc(C(=O)Nc2ccc(F)c([C@]3(C)CS(=O)(=O)[C@@H](C)C(N)=N3)c2)nc1. The summed E-state index contributed by atoms with van der Waals surface area (Å²) in [5.74, 6) is -1.12. The van der Waals surface area contributed by atoms with E-state index in [0.717, 1.165) is 6.07 Å². The number of nitrogens with one attached hydrogen (secondary N) is 1. The number of amidine groups is 1. The molecule has 0 saturated carbocycles. The number of halogens is 1. The summed E-state index contributed by atoms with van der Waals surface area (Å²) in [5, 5.41) is 1.69. The van der Waals surface area contributed by atoms with Crippen molar-refractivity contribution in [3.05, 3.63) is 53.6 Å². The molecule has 1 aliphatic rings. The number of benzene rings is 1. The summed E-state index contributed by atoms with van der Waals surface area (Å²) in [6.45, 7) is 2.95. The summed E-state index contributed by atoms with van der Waals surface area (Å²) in [7, 11) is -2.12. The van der Waals surface area contributed by atoms with E-state index in [-0.39, 0.29) is 22.8 Å². The quantitative estimate of drug-likeness (QED) is 0.778. The van der Waals surface area contributed by atoms with Crippen molar-refractivity contribution in [1.82, 2.24) is 4.98 Å². The van der Waals surface area contributed by atoms with Crippen molar-refractivity contribution in [3.8, 4) is 5.75 Å². The van der Waals surface area contributed by atoms with Gasteiger partial charge in [-0.15, -0.1) is 0 Å². The maximum atomic E-state index is 14.6. The summed E-state index contributed by atoms with van der Waals surface area (Å²) in [6.07, 6.45) is 1.40. The van der Waals surface area contributed by atoms with Gasteiger partial charge in [0.2, 0.25) is 0 Å². The molecule has 0 saturated heterocycles. The normalized spacial score (nSPS) is 23.2. The fraction of sp³-hybridized carbons (Fsp3) is 0.316. The number of nitrogens with zero attached hydrogens (tertiary/aromatic N) is 2. The molecule has 154 valence electrons. The van der Waals surface area contributed by atoms with Crippen molar-refractivity contribution in [2.75, 3.05) is 18.2 Å². The molecule has 1 amide bonds. The van der Waals surface area contributed by atoms with Crippen LogP contribution in [0.15, 0.2) is 41.5 Å². The minimum Gasteiger partial charge on any atom is -0.495 e. The Hall–Kier alpha value is -3.01. The summed E-state index contributed by atoms with van der Waals surface area (Å²) in [5.41, 5.74) is 4.83. The predicted molar refractivity (Wildman–Crippen MR) is 107 cm³/mol. The van der Waals surface area contributed by atoms with Gasteiger partial charge < -0.3 is 15.8 Å². The van der Waals surface area contributed by atoms with Crippen LogP contribution in [0.4, 0.5) is 10.1 Å². The van der Waals surface area contributed by atoms with Gasteiger partial charge >= 0.3 is 0 Å². The van der Waals surface area contributed by atoms with Gasteiger partial charge in [0.25, 0.3) is 5.91 Å². The molecule has 2 atom stereocenters. The topological polar surface area (TPSA) is 124 Å². The second-order valence-electron chi connectivity index (χ2n) is 6.99. The van der Waals surface area contributed by atoms with Gasteiger partial charge in [-0.05, 0) is 44.2 Å². The Balaban J connectivity index is 1.93. The van der Waals surface area contributed by atoms with Crippen molar-refractivity contribution in [3.63, 3.8) is 0 Å². The Morgan fingerprint density at radius 1 is 1.34 bits per heavy atom. The number of hydrogen-bond acceptors (Lipinski definition) is 7. The van der Waals surface area contributed by atoms with Crippen LogP contribution in [0.1, 0.15) is 29.9 Å². The molecule has 10 heteroatoms. The lowest BCUT2D eigenvalue weighted by Gasteiger charge is -2.33. The third kappa shape index (κ3) is 4.07. The smallest absolute Gasteiger partial charge is 0.274 e. The minimum atomic E-state index is -3.60. The van der Waals surface area contributed by atoms with Crippen LogP contribution < -0.4 is 15.8 Å². The average molecular weight is 420 g/mol. The molecule has 0 bridgehead atoms. The molecule has 1 aliphatic heterocycles. The van der Waals surface area contributed by atoms with E-state index in [1.54, 1.807) is 6.07 Å². The van der Waals surface area contributed by atoms with Gasteiger partial charge in [-0.1, -0.05) is 0 Å². The zero-order valence-electron chi connectivity index (χ0n) is 16.1. The molecule has 0 unspecified atom stereocenters. The van der Waals surface area contributed by atoms with Gasteiger partial charge in [0.1, 0.15) is 33.9 Å². The number of ether oxygens (including phenoxy) is 1. The van der Waals surface area contributed by atoms with Crippen LogP contribution in [0, 0.1) is 5.82 Å². The van der Waals surface area contributed by atoms with Crippen molar-refractivity contribution in [2.45, 2.75) is 24.6 Å². The predicted octanol–water partition coefficient (Wildman–Crippen LogP) is 1.87. The van der Waals surface area contributed by atoms with Crippen LogP contribution in [0.3, 0.4) is 0 Å². The van der Waals surface area contributed by atoms with E-state index in [2.05, 4.69) is 15.3 Å². The number of carbonyl (C=O) groups is 1. The molecule has 8 nitrogen and oxygen atoms in total. The highest BCUT2D eigenvalue weighted by Crippen LogP contribution is 2.35. The number of nitrogens with two attached hydrogens (primary N) is 1. The number of aromatic nitrogens is 1. The van der Waals surface area contributed by atoms with Gasteiger partial charge in [-0.25, -0.2) is 17.8 Å². The van der Waals surface area contributed by atoms with Gasteiger partial charge in [-0.3, -0.25) is 9.79 Å². The number of rotatable bonds is 4. The number of sulfone groups is 1. The maximum absolute atomic E-state index is 14.6. The number of pyridine rings is 1. The highest BCUT2D eigenvalue weighted by atomic mass is 32.2. The Bertz CT molecular complexity index is 1090. The standard InChI is InChI=1S/C19H21FN4O4S/c1-11-17(21)24-19(2,10-29(11,26)27)14-8-12(4-6-15(14)20)23-18(25)16-7-5-13(28-3)9-22-16/h4-9,11H,10H2,1-3H3,(H2,21,24)(H,23,25)/t11-,19-/m0/s1. The van der Waals surface area contributed by atoms with Crippen LogP contribution >= 0.6 is 0 Å². The van der Waals surface area contributed by atoms with Crippen molar-refractivity contribution >= 4 is 27.3 Å². The van der Waals surface area contributed by atoms with Gasteiger partial charge in [0.05, 0.1) is 19.1 Å². The molecule has 3 N–H and O–H groups in total. The van der Waals surface area contributed by atoms with Crippen molar-refractivity contribution in [2.24, 2.45) is 10.7 Å². The van der Waals surface area contributed by atoms with E-state index in [9.17, 15) is 17.6 Å². The number of amides is 1. The first-order valence-electron chi connectivity index (χ1n) is 8.74. The second-order valence-corrected chi connectivity index (χ2v) is 9.31. The van der Waals surface area contributed by atoms with Gasteiger partial charge in [0, 0.05) is 11.3 Å². The molecule has 1 aromatic carbocycles. The highest BCUT2D eigenvalue weighted by molar-refractivity contribution is 7.92. The van der Waals surface area contributed by atoms with Crippen LogP contribution in [0.2, 0.25) is 0 Å². The van der Waals surface area contributed by atoms with Crippen LogP contribution in [-0.2, 0) is 15.4 Å². The summed E-state index contributed by atoms with van der Waals surface area (Å²) in [4.78, 5) is 20.7. The fourth-order valence-corrected chi connectivity index (χ4v) is 4.77. The lowest BCUT2D eigenvalue weighted by Crippen LogP contribution is -2.47. The number of methoxy groups -OCH3 is 1. The average Bonchev–Trinajstić information content (AvgIpc) is 2.67. The highest BCUT2D eigenvalue weighted by Gasteiger charge is 2.42. The lowest BCUT2D eigenvalue weighted by atomic mass is 9.93. The number of hydrogen-bond donors (Lipinski definition) is 2. The molecular weight excluding hydrogens is 399 g/mol. The van der Waals surface area contributed by atoms with Crippen LogP contribution in [0.25, 0.3) is 0 Å². The molecule has 1 aromatic heterocycles. The van der Waals surface area contributed by atoms with E-state index in [0.29, 0.717) is 5.75 Å². The summed E-state index contributed by atoms with van der Waals surface area (Å²) in [6, 6.07) is 6.95. The molecule has 2 heterocycles. The number of anilines is 1. The summed E-state index contributed by atoms with van der Waals surface area (Å²) < 4.78 is 44.4. The zero-order valence-corrected chi connectivity index (χ0v) is 17.0. The van der Waals surface area contributed by atoms with Crippen LogP contribution in [0.5, 0.6) is 5.75 Å². The largest absolute Gasteiger partial charge is 0.495 e. The first-order chi connectivity index (χ1) is 13.6. The third-order valence-electron chi connectivity index (χ3n) is 4.82. The van der Waals surface area contributed by atoms with Gasteiger partial charge in [-0.2, -0.15) is 0 Å². The first-order valence-corrected chi connectivity index (χ1v) is 10.5. The van der Waals surface area contributed by atoms with E-state index < -0.39 is 38.1 Å².